The molecule has 0 saturated carbocycles. The van der Waals surface area contributed by atoms with E-state index in [-0.39, 0.29) is 16.1 Å². The highest BCUT2D eigenvalue weighted by Crippen LogP contribution is 2.45. The summed E-state index contributed by atoms with van der Waals surface area (Å²) in [6.07, 6.45) is 3.89. The van der Waals surface area contributed by atoms with Crippen molar-refractivity contribution in [1.29, 1.82) is 0 Å². The summed E-state index contributed by atoms with van der Waals surface area (Å²) >= 11 is 12.1. The van der Waals surface area contributed by atoms with Crippen LogP contribution in [0.4, 0.5) is 0 Å². The molecule has 19 heavy (non-hydrogen) atoms. The Kier molecular flexibility index (Phi) is 4.23. The van der Waals surface area contributed by atoms with Gasteiger partial charge in [0.15, 0.2) is 9.84 Å². The number of aromatic nitrogens is 1. The number of halogens is 2. The van der Waals surface area contributed by atoms with Crippen molar-refractivity contribution in [3.63, 3.8) is 0 Å². The average molecular weight is 320 g/mol. The maximum absolute atomic E-state index is 12.3. The van der Waals surface area contributed by atoms with E-state index in [0.29, 0.717) is 12.0 Å². The number of fused-ring (bicyclic) bond motifs is 1. The molecule has 0 radical (unpaired) electrons. The van der Waals surface area contributed by atoms with Gasteiger partial charge in [0.25, 0.3) is 0 Å². The van der Waals surface area contributed by atoms with Crippen LogP contribution in [-0.2, 0) is 15.6 Å². The highest BCUT2D eigenvalue weighted by Gasteiger charge is 2.39. The largest absolute Gasteiger partial charge is 0.228 e. The number of nitrogens with zero attached hydrogens (tertiary/aromatic N) is 1. The van der Waals surface area contributed by atoms with Crippen LogP contribution < -0.4 is 0 Å². The van der Waals surface area contributed by atoms with Gasteiger partial charge in [0.1, 0.15) is 10.3 Å². The first-order chi connectivity index (χ1) is 8.88. The van der Waals surface area contributed by atoms with Crippen LogP contribution in [0.25, 0.3) is 0 Å². The van der Waals surface area contributed by atoms with Crippen LogP contribution in [0.15, 0.2) is 12.7 Å². The lowest BCUT2D eigenvalue weighted by Crippen LogP contribution is -2.07. The molecule has 0 bridgehead atoms. The molecule has 0 N–H and O–H groups in total. The monoisotopic (exact) mass is 319 g/mol. The van der Waals surface area contributed by atoms with Crippen molar-refractivity contribution < 1.29 is 8.42 Å². The third-order valence-electron chi connectivity index (χ3n) is 3.48. The quantitative estimate of drug-likeness (QED) is 0.478. The van der Waals surface area contributed by atoms with Crippen molar-refractivity contribution in [2.24, 2.45) is 0 Å². The molecule has 1 aromatic rings. The molecule has 1 aromatic heterocycles. The molecular formula is C13H15Cl2NO2S. The molecule has 104 valence electrons. The molecule has 1 unspecified atom stereocenters. The standard InChI is InChI=1S/C13H15Cl2NO2S/c1-3-4-5-6-10-11-9(7-19(10,17)18)8(2)12(14)16-13(11)15/h3,10H,1,4-7H2,2H3. The lowest BCUT2D eigenvalue weighted by Gasteiger charge is -2.12. The summed E-state index contributed by atoms with van der Waals surface area (Å²) in [5.41, 5.74) is 2.09. The van der Waals surface area contributed by atoms with Gasteiger partial charge in [-0.05, 0) is 37.3 Å². The molecule has 6 heteroatoms. The Hall–Kier alpha value is -0.580. The maximum atomic E-state index is 12.3. The van der Waals surface area contributed by atoms with Gasteiger partial charge in [-0.25, -0.2) is 13.4 Å². The molecule has 1 aliphatic heterocycles. The average Bonchev–Trinajstić information content (AvgIpc) is 2.59. The molecule has 2 rings (SSSR count). The second kappa shape index (κ2) is 5.43. The molecule has 0 aliphatic carbocycles. The van der Waals surface area contributed by atoms with Gasteiger partial charge in [-0.3, -0.25) is 0 Å². The number of pyridine rings is 1. The van der Waals surface area contributed by atoms with Crippen LogP contribution >= 0.6 is 23.2 Å². The fraction of sp³-hybridized carbons (Fsp3) is 0.462. The minimum Gasteiger partial charge on any atom is -0.228 e. The van der Waals surface area contributed by atoms with Crippen LogP contribution in [0.2, 0.25) is 10.3 Å². The second-order valence-corrected chi connectivity index (χ2v) is 7.63. The zero-order chi connectivity index (χ0) is 14.2. The van der Waals surface area contributed by atoms with Gasteiger partial charge in [-0.1, -0.05) is 29.3 Å². The molecule has 0 aromatic carbocycles. The summed E-state index contributed by atoms with van der Waals surface area (Å²) in [6.45, 7) is 5.43. The third-order valence-corrected chi connectivity index (χ3v) is 6.17. The molecule has 3 nitrogen and oxygen atoms in total. The summed E-state index contributed by atoms with van der Waals surface area (Å²) in [5.74, 6) is 0.00881. The number of rotatable bonds is 4. The fourth-order valence-corrected chi connectivity index (χ4v) is 5.20. The Bertz CT molecular complexity index is 626. The van der Waals surface area contributed by atoms with Crippen LogP contribution in [0.3, 0.4) is 0 Å². The van der Waals surface area contributed by atoms with Crippen molar-refractivity contribution in [3.05, 3.63) is 39.7 Å². The van der Waals surface area contributed by atoms with E-state index >= 15 is 0 Å². The molecule has 0 fully saturated rings. The van der Waals surface area contributed by atoms with Crippen LogP contribution in [0.1, 0.15) is 41.2 Å². The van der Waals surface area contributed by atoms with Gasteiger partial charge in [-0.15, -0.1) is 6.58 Å². The topological polar surface area (TPSA) is 47.0 Å². The molecule has 0 amide bonds. The van der Waals surface area contributed by atoms with E-state index in [0.717, 1.165) is 24.0 Å². The van der Waals surface area contributed by atoms with Crippen molar-refractivity contribution in [1.82, 2.24) is 4.98 Å². The van der Waals surface area contributed by atoms with Crippen LogP contribution in [0, 0.1) is 6.92 Å². The summed E-state index contributed by atoms with van der Waals surface area (Å²) in [4.78, 5) is 4.04. The number of unbranched alkanes of at least 4 members (excludes halogenated alkanes) is 1. The molecule has 0 spiro atoms. The molecule has 1 aliphatic rings. The van der Waals surface area contributed by atoms with E-state index in [1.54, 1.807) is 13.0 Å². The van der Waals surface area contributed by atoms with Gasteiger partial charge in [0.2, 0.25) is 0 Å². The minimum absolute atomic E-state index is 0.00881. The van der Waals surface area contributed by atoms with E-state index < -0.39 is 15.1 Å². The van der Waals surface area contributed by atoms with Gasteiger partial charge in [0.05, 0.1) is 11.0 Å². The SMILES string of the molecule is C=CCCCC1c2c(Cl)nc(Cl)c(C)c2CS1(=O)=O. The number of hydrogen-bond acceptors (Lipinski definition) is 3. The minimum atomic E-state index is -3.21. The smallest absolute Gasteiger partial charge is 0.161 e. The summed E-state index contributed by atoms with van der Waals surface area (Å²) in [6, 6.07) is 0. The second-order valence-electron chi connectivity index (χ2n) is 4.73. The molecular weight excluding hydrogens is 305 g/mol. The first-order valence-corrected chi connectivity index (χ1v) is 8.52. The Labute approximate surface area is 123 Å². The Morgan fingerprint density at radius 2 is 2.11 bits per heavy atom. The molecule has 1 atom stereocenters. The van der Waals surface area contributed by atoms with E-state index in [1.807, 2.05) is 0 Å². The highest BCUT2D eigenvalue weighted by atomic mass is 35.5. The first-order valence-electron chi connectivity index (χ1n) is 6.05. The van der Waals surface area contributed by atoms with Crippen LogP contribution in [-0.4, -0.2) is 13.4 Å². The van der Waals surface area contributed by atoms with E-state index in [9.17, 15) is 8.42 Å². The Morgan fingerprint density at radius 3 is 2.74 bits per heavy atom. The van der Waals surface area contributed by atoms with E-state index in [1.165, 1.54) is 0 Å². The Morgan fingerprint density at radius 1 is 1.42 bits per heavy atom. The van der Waals surface area contributed by atoms with Gasteiger partial charge < -0.3 is 0 Å². The number of hydrogen-bond donors (Lipinski definition) is 0. The zero-order valence-corrected chi connectivity index (χ0v) is 12.9. The van der Waals surface area contributed by atoms with Gasteiger partial charge >= 0.3 is 0 Å². The van der Waals surface area contributed by atoms with E-state index in [2.05, 4.69) is 11.6 Å². The predicted octanol–water partition coefficient (Wildman–Crippen LogP) is 4.02. The number of sulfone groups is 1. The normalized spacial score (nSPS) is 20.3. The lowest BCUT2D eigenvalue weighted by atomic mass is 10.0. The first kappa shape index (κ1) is 14.8. The van der Waals surface area contributed by atoms with Gasteiger partial charge in [0, 0.05) is 5.56 Å². The highest BCUT2D eigenvalue weighted by molar-refractivity contribution is 7.91. The summed E-state index contributed by atoms with van der Waals surface area (Å²) in [7, 11) is -3.21. The molecule has 2 heterocycles. The lowest BCUT2D eigenvalue weighted by molar-refractivity contribution is 0.577. The molecule has 0 saturated heterocycles. The summed E-state index contributed by atoms with van der Waals surface area (Å²) < 4.78 is 24.5. The van der Waals surface area contributed by atoms with Crippen molar-refractivity contribution >= 4 is 33.0 Å². The maximum Gasteiger partial charge on any atom is 0.161 e. The fourth-order valence-electron chi connectivity index (χ4n) is 2.45. The van der Waals surface area contributed by atoms with E-state index in [4.69, 9.17) is 23.2 Å². The van der Waals surface area contributed by atoms with Crippen molar-refractivity contribution in [3.8, 4) is 0 Å². The zero-order valence-electron chi connectivity index (χ0n) is 10.6. The van der Waals surface area contributed by atoms with Gasteiger partial charge in [-0.2, -0.15) is 0 Å². The van der Waals surface area contributed by atoms with Crippen LogP contribution in [0.5, 0.6) is 0 Å². The van der Waals surface area contributed by atoms with Crippen molar-refractivity contribution in [2.45, 2.75) is 37.2 Å². The summed E-state index contributed by atoms with van der Waals surface area (Å²) in [5, 5.41) is -0.0561. The predicted molar refractivity (Wildman–Crippen MR) is 78.4 cm³/mol. The third kappa shape index (κ3) is 2.67. The number of allylic oxidation sites excluding steroid dienone is 1. The van der Waals surface area contributed by atoms with Crippen molar-refractivity contribution in [2.75, 3.05) is 0 Å². The Balaban J connectivity index is 2.48.